The molecule has 0 atom stereocenters. The largest absolute Gasteiger partial charge is 0.493 e. The van der Waals surface area contributed by atoms with Crippen LogP contribution in [0.2, 0.25) is 0 Å². The number of methoxy groups -OCH3 is 2. The van der Waals surface area contributed by atoms with E-state index < -0.39 is 16.5 Å². The van der Waals surface area contributed by atoms with E-state index in [4.69, 9.17) is 37.7 Å². The number of anilines is 2. The number of aromatic nitrogens is 2. The lowest BCUT2D eigenvalue weighted by atomic mass is 10.0. The van der Waals surface area contributed by atoms with Gasteiger partial charge in [0, 0.05) is 63.5 Å². The summed E-state index contributed by atoms with van der Waals surface area (Å²) in [6, 6.07) is 20.4. The lowest BCUT2D eigenvalue weighted by molar-refractivity contribution is -0.384. The van der Waals surface area contributed by atoms with Crippen LogP contribution in [0.15, 0.2) is 81.6 Å². The predicted octanol–water partition coefficient (Wildman–Crippen LogP) is 8.50. The molecule has 6 aromatic rings. The third-order valence-corrected chi connectivity index (χ3v) is 11.6. The van der Waals surface area contributed by atoms with Crippen molar-refractivity contribution >= 4 is 45.6 Å². The van der Waals surface area contributed by atoms with Crippen molar-refractivity contribution in [3.8, 4) is 23.0 Å². The molecule has 0 spiro atoms. The number of oxazole rings is 2. The molecule has 8 rings (SSSR count). The number of hydrogen-bond donors (Lipinski definition) is 0. The second kappa shape index (κ2) is 19.8. The minimum Gasteiger partial charge on any atom is -0.493 e. The average Bonchev–Trinajstić information content (AvgIpc) is 3.94. The van der Waals surface area contributed by atoms with Crippen LogP contribution in [0.3, 0.4) is 0 Å². The highest BCUT2D eigenvalue weighted by Crippen LogP contribution is 2.38. The fourth-order valence-corrected chi connectivity index (χ4v) is 8.46. The molecule has 0 N–H and O–H groups in total. The molecule has 4 aromatic carbocycles. The number of hydrogen-bond acceptors (Lipinski definition) is 16. The summed E-state index contributed by atoms with van der Waals surface area (Å²) in [5.74, 6) is 2.40. The fourth-order valence-electron chi connectivity index (χ4n) is 8.46. The van der Waals surface area contributed by atoms with E-state index in [0.29, 0.717) is 104 Å². The lowest BCUT2D eigenvalue weighted by Gasteiger charge is -2.47. The number of likely N-dealkylation sites (tertiary alicyclic amines) is 2. The number of nitro groups is 2. The van der Waals surface area contributed by atoms with E-state index in [1.54, 1.807) is 26.4 Å². The molecule has 0 radical (unpaired) electrons. The van der Waals surface area contributed by atoms with Gasteiger partial charge in [0.1, 0.15) is 24.3 Å². The van der Waals surface area contributed by atoms with E-state index in [1.807, 2.05) is 46.4 Å². The number of non-ortho nitro benzene ring substituents is 2. The predicted molar refractivity (Wildman–Crippen MR) is 236 cm³/mol. The van der Waals surface area contributed by atoms with E-state index >= 15 is 0 Å². The zero-order valence-corrected chi connectivity index (χ0v) is 36.0. The number of halogens is 1. The smallest absolute Gasteiger partial charge is 0.318 e. The van der Waals surface area contributed by atoms with Crippen LogP contribution in [0, 0.1) is 20.2 Å². The minimum atomic E-state index is -0.618. The van der Waals surface area contributed by atoms with Crippen molar-refractivity contribution in [2.45, 2.75) is 64.2 Å². The van der Waals surface area contributed by atoms with Gasteiger partial charge in [-0.05, 0) is 79.6 Å². The number of alkyl halides is 1. The van der Waals surface area contributed by atoms with Crippen molar-refractivity contribution in [2.75, 3.05) is 70.3 Å². The van der Waals surface area contributed by atoms with Gasteiger partial charge in [0.15, 0.2) is 34.2 Å². The van der Waals surface area contributed by atoms with Gasteiger partial charge in [-0.3, -0.25) is 30.0 Å². The van der Waals surface area contributed by atoms with Crippen molar-refractivity contribution in [2.24, 2.45) is 0 Å². The van der Waals surface area contributed by atoms with Gasteiger partial charge in [0.2, 0.25) is 0 Å². The summed E-state index contributed by atoms with van der Waals surface area (Å²) >= 11 is 0. The summed E-state index contributed by atoms with van der Waals surface area (Å²) in [5, 5.41) is 27.6. The fraction of sp³-hybridized carbons (Fsp3) is 0.422. The Kier molecular flexibility index (Phi) is 13.6. The molecule has 64 heavy (non-hydrogen) atoms. The Morgan fingerprint density at radius 2 is 1.09 bits per heavy atom. The first-order chi connectivity index (χ1) is 31.1. The van der Waals surface area contributed by atoms with Gasteiger partial charge in [-0.15, -0.1) is 0 Å². The van der Waals surface area contributed by atoms with Gasteiger partial charge < -0.3 is 27.8 Å². The van der Waals surface area contributed by atoms with Crippen molar-refractivity contribution in [1.82, 2.24) is 19.8 Å². The standard InChI is InChI=1S/C45H51FN8O10/c1-4-22-61-42-24-30(5-9-40(42)59-2)28-49-18-13-32(14-19-49)51(44-47-36-26-34(53(55)56)7-11-38(36)63-44)52(45-48-37-27-35(54(57)58)8-12-39(37)64-45)33-15-20-50(21-16-33)29-31-6-10-41(60-3)43(25-31)62-23-17-46/h5-12,24-27,32-33H,4,13-23,28-29H2,1-3H3. The molecule has 19 heteroatoms. The van der Waals surface area contributed by atoms with E-state index in [9.17, 15) is 24.6 Å². The highest BCUT2D eigenvalue weighted by atomic mass is 19.1. The van der Waals surface area contributed by atoms with Crippen molar-refractivity contribution in [3.63, 3.8) is 0 Å². The SMILES string of the molecule is CCCOc1cc(CN2CCC(N(c3nc4cc([N+](=O)[O-])ccc4o3)N(c3nc4cc([N+](=O)[O-])ccc4o3)C3CCN(Cc4ccc(OC)c(OCCF)c4)CC3)CC2)ccc1OC. The Bertz CT molecular complexity index is 2400. The monoisotopic (exact) mass is 882 g/mol. The van der Waals surface area contributed by atoms with E-state index in [1.165, 1.54) is 24.3 Å². The molecular formula is C45H51FN8O10. The number of rotatable bonds is 19. The van der Waals surface area contributed by atoms with Gasteiger partial charge in [-0.25, -0.2) is 14.4 Å². The molecule has 338 valence electrons. The number of fused-ring (bicyclic) bond motifs is 2. The molecule has 18 nitrogen and oxygen atoms in total. The Morgan fingerprint density at radius 3 is 1.48 bits per heavy atom. The van der Waals surface area contributed by atoms with E-state index in [-0.39, 0.29) is 42.1 Å². The highest BCUT2D eigenvalue weighted by Gasteiger charge is 2.40. The third kappa shape index (κ3) is 9.74. The van der Waals surface area contributed by atoms with Gasteiger partial charge in [-0.2, -0.15) is 9.97 Å². The average molecular weight is 883 g/mol. The molecule has 2 fully saturated rings. The molecule has 0 unspecified atom stereocenters. The Labute approximate surface area is 368 Å². The Morgan fingerprint density at radius 1 is 0.656 bits per heavy atom. The molecule has 0 amide bonds. The number of benzene rings is 4. The molecule has 4 heterocycles. The number of ether oxygens (including phenoxy) is 4. The number of nitro benzene ring substituents is 2. The highest BCUT2D eigenvalue weighted by molar-refractivity contribution is 5.79. The van der Waals surface area contributed by atoms with Crippen LogP contribution in [0.4, 0.5) is 27.8 Å². The van der Waals surface area contributed by atoms with Gasteiger partial charge in [0.05, 0.1) is 42.8 Å². The first-order valence-corrected chi connectivity index (χ1v) is 21.4. The summed E-state index contributed by atoms with van der Waals surface area (Å²) in [4.78, 5) is 37.1. The van der Waals surface area contributed by atoms with Gasteiger partial charge in [-0.1, -0.05) is 19.1 Å². The molecule has 2 saturated heterocycles. The van der Waals surface area contributed by atoms with Crippen LogP contribution in [0.1, 0.15) is 50.2 Å². The van der Waals surface area contributed by atoms with Crippen LogP contribution in [-0.4, -0.2) is 102 Å². The first kappa shape index (κ1) is 43.9. The number of piperidine rings is 2. The molecule has 2 aliphatic rings. The summed E-state index contributed by atoms with van der Waals surface area (Å²) < 4.78 is 48.6. The normalized spacial score (nSPS) is 15.4. The second-order valence-corrected chi connectivity index (χ2v) is 15.9. The van der Waals surface area contributed by atoms with Crippen LogP contribution < -0.4 is 29.0 Å². The maximum atomic E-state index is 13.0. The quantitative estimate of drug-likeness (QED) is 0.0556. The summed E-state index contributed by atoms with van der Waals surface area (Å²) in [6.45, 7) is 6.04. The summed E-state index contributed by atoms with van der Waals surface area (Å²) in [6.07, 6.45) is 3.54. The topological polar surface area (TPSA) is 188 Å². The van der Waals surface area contributed by atoms with Crippen LogP contribution in [-0.2, 0) is 13.1 Å². The first-order valence-electron chi connectivity index (χ1n) is 21.4. The van der Waals surface area contributed by atoms with Crippen LogP contribution in [0.5, 0.6) is 23.0 Å². The van der Waals surface area contributed by atoms with Crippen molar-refractivity contribution in [3.05, 3.63) is 104 Å². The summed E-state index contributed by atoms with van der Waals surface area (Å²) in [7, 11) is 3.18. The van der Waals surface area contributed by atoms with E-state index in [0.717, 1.165) is 30.6 Å². The minimum absolute atomic E-state index is 0.0746. The zero-order chi connectivity index (χ0) is 44.7. The van der Waals surface area contributed by atoms with Gasteiger partial charge in [0.25, 0.3) is 11.4 Å². The van der Waals surface area contributed by atoms with Crippen LogP contribution >= 0.6 is 0 Å². The molecule has 2 aromatic heterocycles. The number of hydrazine groups is 1. The second-order valence-electron chi connectivity index (χ2n) is 15.9. The summed E-state index contributed by atoms with van der Waals surface area (Å²) in [5.41, 5.74) is 3.24. The maximum absolute atomic E-state index is 13.0. The molecule has 0 bridgehead atoms. The molecule has 2 aliphatic heterocycles. The number of nitrogens with zero attached hydrogens (tertiary/aromatic N) is 8. The lowest BCUT2D eigenvalue weighted by Crippen LogP contribution is -2.59. The Hall–Kier alpha value is -6.73. The van der Waals surface area contributed by atoms with Crippen molar-refractivity contribution < 1.29 is 42.0 Å². The maximum Gasteiger partial charge on any atom is 0.318 e. The molecule has 0 aliphatic carbocycles. The van der Waals surface area contributed by atoms with Crippen molar-refractivity contribution in [1.29, 1.82) is 0 Å². The molecule has 0 saturated carbocycles. The molecular weight excluding hydrogens is 832 g/mol. The van der Waals surface area contributed by atoms with E-state index in [2.05, 4.69) is 16.7 Å². The zero-order valence-electron chi connectivity index (χ0n) is 36.0. The van der Waals surface area contributed by atoms with Gasteiger partial charge >= 0.3 is 12.0 Å². The Balaban J connectivity index is 1.12. The van der Waals surface area contributed by atoms with Crippen LogP contribution in [0.25, 0.3) is 22.2 Å². The third-order valence-electron chi connectivity index (χ3n) is 11.6.